The maximum absolute atomic E-state index is 13.2. The van der Waals surface area contributed by atoms with Crippen molar-refractivity contribution in [3.8, 4) is 11.5 Å². The Balaban J connectivity index is 1.46. The molecule has 0 spiro atoms. The quantitative estimate of drug-likeness (QED) is 0.0651. The van der Waals surface area contributed by atoms with E-state index in [-0.39, 0.29) is 40.0 Å². The number of anilines is 1. The second-order valence-electron chi connectivity index (χ2n) is 9.66. The minimum Gasteiger partial charge on any atom is -0.504 e. The summed E-state index contributed by atoms with van der Waals surface area (Å²) >= 11 is 2.16. The molecule has 0 bridgehead atoms. The topological polar surface area (TPSA) is 251 Å². The average molecular weight is 648 g/mol. The molecular weight excluding hydrogens is 622 g/mol. The molecule has 1 aromatic heterocycles. The minimum absolute atomic E-state index is 0.0157. The van der Waals surface area contributed by atoms with E-state index in [9.17, 15) is 44.4 Å². The highest BCUT2D eigenvalue weighted by Crippen LogP contribution is 2.40. The molecule has 0 saturated carbocycles. The van der Waals surface area contributed by atoms with Crippen LogP contribution in [-0.4, -0.2) is 95.1 Å². The highest BCUT2D eigenvalue weighted by Gasteiger charge is 2.54. The Bertz CT molecular complexity index is 1630. The number of ether oxygens (including phenoxy) is 1. The zero-order chi connectivity index (χ0) is 32.3. The number of rotatable bonds is 11. The van der Waals surface area contributed by atoms with Gasteiger partial charge in [0.2, 0.25) is 5.60 Å². The van der Waals surface area contributed by atoms with Crippen LogP contribution in [0.15, 0.2) is 52.2 Å². The lowest BCUT2D eigenvalue weighted by Crippen LogP contribution is -2.71. The van der Waals surface area contributed by atoms with E-state index in [1.165, 1.54) is 49.2 Å². The van der Waals surface area contributed by atoms with Gasteiger partial charge in [-0.25, -0.2) is 19.4 Å². The van der Waals surface area contributed by atoms with Gasteiger partial charge in [0, 0.05) is 11.1 Å². The van der Waals surface area contributed by atoms with E-state index in [4.69, 9.17) is 15.3 Å². The monoisotopic (exact) mass is 647 g/mol. The number of esters is 1. The summed E-state index contributed by atoms with van der Waals surface area (Å²) in [5, 5.41) is 44.9. The fourth-order valence-electron chi connectivity index (χ4n) is 3.83. The molecule has 2 aliphatic rings. The number of carbonyl (C=O) groups is 5. The molecule has 2 aliphatic heterocycles. The number of β-lactam (4-membered cyclic amide) rings is 1. The number of thioether (sulfide) groups is 1. The van der Waals surface area contributed by atoms with E-state index in [0.717, 1.165) is 28.4 Å². The van der Waals surface area contributed by atoms with Gasteiger partial charge in [-0.2, -0.15) is 0 Å². The predicted octanol–water partition coefficient (Wildman–Crippen LogP) is 0.872. The van der Waals surface area contributed by atoms with Crippen LogP contribution in [0.1, 0.15) is 29.9 Å². The molecule has 3 heterocycles. The normalized spacial score (nSPS) is 18.5. The number of phenolic OH excluding ortho intramolecular Hbond substituents is 2. The lowest BCUT2D eigenvalue weighted by Gasteiger charge is -2.49. The highest BCUT2D eigenvalue weighted by molar-refractivity contribution is 8.00. The SMILES string of the molecule is CC(C)(ON=C(C(=O)NC1C(=O)N2C(C(=O)O)=C(C=CCOC(=O)c3ccc(O)c(O)c3)CS[C@@H]12)c1csc(N)n1)C(=O)O. The molecule has 2 amide bonds. The number of nitrogens with two attached hydrogens (primary N) is 1. The Morgan fingerprint density at radius 2 is 1.95 bits per heavy atom. The summed E-state index contributed by atoms with van der Waals surface area (Å²) in [4.78, 5) is 72.0. The van der Waals surface area contributed by atoms with Gasteiger partial charge in [0.15, 0.2) is 22.3 Å². The van der Waals surface area contributed by atoms with Crippen LogP contribution >= 0.6 is 23.1 Å². The molecule has 1 unspecified atom stereocenters. The Morgan fingerprint density at radius 1 is 1.23 bits per heavy atom. The van der Waals surface area contributed by atoms with Gasteiger partial charge in [0.1, 0.15) is 29.4 Å². The summed E-state index contributed by atoms with van der Waals surface area (Å²) in [6.07, 6.45) is 2.77. The zero-order valence-electron chi connectivity index (χ0n) is 22.9. The summed E-state index contributed by atoms with van der Waals surface area (Å²) in [6.45, 7) is 2.17. The molecule has 2 aromatic rings. The van der Waals surface area contributed by atoms with Gasteiger partial charge >= 0.3 is 17.9 Å². The third-order valence-electron chi connectivity index (χ3n) is 6.19. The van der Waals surface area contributed by atoms with Gasteiger partial charge in [0.05, 0.1) is 5.56 Å². The van der Waals surface area contributed by atoms with Gasteiger partial charge in [-0.15, -0.1) is 23.1 Å². The van der Waals surface area contributed by atoms with E-state index in [0.29, 0.717) is 0 Å². The summed E-state index contributed by atoms with van der Waals surface area (Å²) in [5.41, 5.74) is 3.32. The number of carboxylic acid groups (broad SMARTS) is 2. The van der Waals surface area contributed by atoms with E-state index >= 15 is 0 Å². The molecular formula is C26H25N5O11S2. The number of nitrogens with zero attached hydrogens (tertiary/aromatic N) is 3. The number of hydrogen-bond acceptors (Lipinski definition) is 14. The van der Waals surface area contributed by atoms with Gasteiger partial charge in [-0.3, -0.25) is 14.5 Å². The van der Waals surface area contributed by atoms with Crippen molar-refractivity contribution in [3.05, 3.63) is 58.3 Å². The number of oxime groups is 1. The van der Waals surface area contributed by atoms with Crippen molar-refractivity contribution < 1.29 is 54.0 Å². The standard InChI is InChI=1S/C26H25N5O11S2/c1-26(2,24(39)40)42-30-16(13-10-44-25(27)28-13)19(34)29-17-20(35)31-18(22(36)37)12(9-43-21(17)31)4-3-7-41-23(38)11-5-6-14(32)15(33)8-11/h3-6,8,10,17,21,32-33H,7,9H2,1-2H3,(H2,27,28)(H,29,34)(H,36,37)(H,39,40)/t17?,21-/m0/s1. The molecule has 44 heavy (non-hydrogen) atoms. The van der Waals surface area contributed by atoms with Crippen LogP contribution in [0.25, 0.3) is 0 Å². The van der Waals surface area contributed by atoms with Crippen LogP contribution in [0.5, 0.6) is 11.5 Å². The molecule has 4 rings (SSSR count). The first-order chi connectivity index (χ1) is 20.7. The molecule has 16 nitrogen and oxygen atoms in total. The van der Waals surface area contributed by atoms with Gasteiger partial charge in [-0.05, 0) is 43.7 Å². The summed E-state index contributed by atoms with van der Waals surface area (Å²) in [7, 11) is 0. The van der Waals surface area contributed by atoms with Crippen LogP contribution in [0.3, 0.4) is 0 Å². The van der Waals surface area contributed by atoms with E-state index in [1.54, 1.807) is 0 Å². The van der Waals surface area contributed by atoms with Crippen molar-refractivity contribution in [3.63, 3.8) is 0 Å². The van der Waals surface area contributed by atoms with Crippen molar-refractivity contribution in [2.45, 2.75) is 30.9 Å². The number of aromatic nitrogens is 1. The average Bonchev–Trinajstić information content (AvgIpc) is 3.40. The molecule has 1 fully saturated rings. The summed E-state index contributed by atoms with van der Waals surface area (Å²) in [5.74, 6) is -5.97. The van der Waals surface area contributed by atoms with Crippen LogP contribution < -0.4 is 11.1 Å². The van der Waals surface area contributed by atoms with Crippen LogP contribution in [-0.2, 0) is 28.8 Å². The number of amides is 2. The molecule has 232 valence electrons. The number of fused-ring (bicyclic) bond motifs is 1. The number of aromatic hydroxyl groups is 2. The largest absolute Gasteiger partial charge is 0.504 e. The first-order valence-corrected chi connectivity index (χ1v) is 14.4. The third-order valence-corrected chi connectivity index (χ3v) is 8.16. The molecule has 0 aliphatic carbocycles. The van der Waals surface area contributed by atoms with Crippen molar-refractivity contribution in [1.29, 1.82) is 0 Å². The number of allylic oxidation sites excluding steroid dienone is 1. The Kier molecular flexibility index (Phi) is 9.14. The maximum atomic E-state index is 13.2. The van der Waals surface area contributed by atoms with Crippen LogP contribution in [0, 0.1) is 0 Å². The number of nitrogen functional groups attached to an aromatic ring is 1. The number of nitrogens with one attached hydrogen (secondary N) is 1. The van der Waals surface area contributed by atoms with Crippen molar-refractivity contribution in [2.24, 2.45) is 5.16 Å². The zero-order valence-corrected chi connectivity index (χ0v) is 24.5. The molecule has 0 radical (unpaired) electrons. The number of benzene rings is 1. The number of hydrogen-bond donors (Lipinski definition) is 6. The Labute approximate surface area is 256 Å². The van der Waals surface area contributed by atoms with Crippen molar-refractivity contribution in [1.82, 2.24) is 15.2 Å². The molecule has 18 heteroatoms. The molecule has 1 saturated heterocycles. The fourth-order valence-corrected chi connectivity index (χ4v) is 5.69. The first kappa shape index (κ1) is 31.8. The highest BCUT2D eigenvalue weighted by atomic mass is 32.2. The molecule has 1 aromatic carbocycles. The Morgan fingerprint density at radius 3 is 2.57 bits per heavy atom. The maximum Gasteiger partial charge on any atom is 0.352 e. The number of thiazole rings is 1. The third kappa shape index (κ3) is 6.60. The number of carboxylic acids is 2. The van der Waals surface area contributed by atoms with Gasteiger partial charge < -0.3 is 41.1 Å². The van der Waals surface area contributed by atoms with Crippen LogP contribution in [0.2, 0.25) is 0 Å². The lowest BCUT2D eigenvalue weighted by molar-refractivity contribution is -0.161. The fraction of sp³-hybridized carbons (Fsp3) is 0.269. The number of aliphatic carboxylic acids is 2. The second-order valence-corrected chi connectivity index (χ2v) is 11.7. The molecule has 2 atom stereocenters. The van der Waals surface area contributed by atoms with Gasteiger partial charge in [0.25, 0.3) is 11.8 Å². The number of phenols is 2. The van der Waals surface area contributed by atoms with Gasteiger partial charge in [-0.1, -0.05) is 11.2 Å². The van der Waals surface area contributed by atoms with Crippen molar-refractivity contribution in [2.75, 3.05) is 18.1 Å². The number of carbonyl (C=O) groups excluding carboxylic acids is 3. The second kappa shape index (κ2) is 12.6. The van der Waals surface area contributed by atoms with Crippen LogP contribution in [0.4, 0.5) is 5.13 Å². The first-order valence-electron chi connectivity index (χ1n) is 12.5. The van der Waals surface area contributed by atoms with E-state index < -0.39 is 63.9 Å². The summed E-state index contributed by atoms with van der Waals surface area (Å²) < 4.78 is 5.08. The Hall–Kier alpha value is -5.10. The van der Waals surface area contributed by atoms with E-state index in [2.05, 4.69) is 15.5 Å². The molecule has 7 N–H and O–H groups in total. The lowest BCUT2D eigenvalue weighted by atomic mass is 10.0. The minimum atomic E-state index is -1.80. The predicted molar refractivity (Wildman–Crippen MR) is 155 cm³/mol. The van der Waals surface area contributed by atoms with E-state index in [1.807, 2.05) is 0 Å². The smallest absolute Gasteiger partial charge is 0.352 e. The van der Waals surface area contributed by atoms with Crippen molar-refractivity contribution >= 4 is 63.7 Å². The summed E-state index contributed by atoms with van der Waals surface area (Å²) in [6, 6.07) is 2.25.